The Morgan fingerprint density at radius 1 is 1.50 bits per heavy atom. The highest BCUT2D eigenvalue weighted by Crippen LogP contribution is 2.31. The number of aliphatic hydroxyl groups is 1. The van der Waals surface area contributed by atoms with E-state index >= 15 is 0 Å². The zero-order valence-electron chi connectivity index (χ0n) is 7.69. The molecule has 14 heavy (non-hydrogen) atoms. The third-order valence-corrected chi connectivity index (χ3v) is 2.10. The molecule has 5 N–H and O–H groups in total. The molecule has 1 aliphatic carbocycles. The molecule has 1 atom stereocenters. The van der Waals surface area contributed by atoms with Gasteiger partial charge in [-0.1, -0.05) is 0 Å². The van der Waals surface area contributed by atoms with Gasteiger partial charge in [0.1, 0.15) is 11.8 Å². The van der Waals surface area contributed by atoms with Crippen LogP contribution >= 0.6 is 0 Å². The number of rotatable bonds is 5. The van der Waals surface area contributed by atoms with Gasteiger partial charge in [0.05, 0.1) is 0 Å². The maximum atomic E-state index is 11.1. The van der Waals surface area contributed by atoms with E-state index in [2.05, 4.69) is 5.32 Å². The predicted molar refractivity (Wildman–Crippen MR) is 47.2 cm³/mol. The molecule has 0 aromatic rings. The summed E-state index contributed by atoms with van der Waals surface area (Å²) in [5.41, 5.74) is 4.16. The number of carboxylic acids is 1. The van der Waals surface area contributed by atoms with E-state index in [0.29, 0.717) is 12.8 Å². The maximum Gasteiger partial charge on any atom is 0.320 e. The van der Waals surface area contributed by atoms with Crippen molar-refractivity contribution in [3.05, 3.63) is 0 Å². The summed E-state index contributed by atoms with van der Waals surface area (Å²) in [6, 6.07) is -1.02. The summed E-state index contributed by atoms with van der Waals surface area (Å²) in [5.74, 6) is -1.48. The zero-order chi connectivity index (χ0) is 10.8. The van der Waals surface area contributed by atoms with E-state index in [0.717, 1.165) is 0 Å². The molecule has 80 valence electrons. The first kappa shape index (κ1) is 10.9. The summed E-state index contributed by atoms with van der Waals surface area (Å²) in [6.45, 7) is 0. The fraction of sp³-hybridized carbons (Fsp3) is 0.750. The largest absolute Gasteiger partial charge is 0.480 e. The van der Waals surface area contributed by atoms with Crippen molar-refractivity contribution in [1.82, 2.24) is 5.32 Å². The highest BCUT2D eigenvalue weighted by Gasteiger charge is 2.41. The second-order valence-corrected chi connectivity index (χ2v) is 3.56. The Labute approximate surface area is 81.1 Å². The molecule has 1 amide bonds. The summed E-state index contributed by atoms with van der Waals surface area (Å²) >= 11 is 0. The molecule has 0 aliphatic heterocycles. The van der Waals surface area contributed by atoms with Crippen molar-refractivity contribution in [3.63, 3.8) is 0 Å². The molecule has 0 saturated heterocycles. The van der Waals surface area contributed by atoms with E-state index < -0.39 is 17.7 Å². The molecule has 1 rings (SSSR count). The highest BCUT2D eigenvalue weighted by molar-refractivity contribution is 5.79. The number of nitrogens with one attached hydrogen (secondary N) is 1. The lowest BCUT2D eigenvalue weighted by Crippen LogP contribution is -2.38. The van der Waals surface area contributed by atoms with Gasteiger partial charge in [0.15, 0.2) is 0 Å². The van der Waals surface area contributed by atoms with Crippen LogP contribution in [-0.2, 0) is 9.59 Å². The summed E-state index contributed by atoms with van der Waals surface area (Å²) in [4.78, 5) is 21.4. The van der Waals surface area contributed by atoms with E-state index in [1.165, 1.54) is 0 Å². The number of amides is 1. The number of hydrogen-bond acceptors (Lipinski definition) is 4. The van der Waals surface area contributed by atoms with Crippen LogP contribution < -0.4 is 11.1 Å². The third-order valence-electron chi connectivity index (χ3n) is 2.10. The second-order valence-electron chi connectivity index (χ2n) is 3.56. The van der Waals surface area contributed by atoms with Gasteiger partial charge in [0.2, 0.25) is 5.91 Å². The standard InChI is InChI=1S/C8H14N2O4/c9-5(7(12)13)1-2-6(11)10-8(14)3-4-8/h5,14H,1-4,9H2,(H,10,11)(H,12,13). The zero-order valence-corrected chi connectivity index (χ0v) is 7.69. The predicted octanol–water partition coefficient (Wildman–Crippen LogP) is -1.22. The minimum atomic E-state index is -1.12. The lowest BCUT2D eigenvalue weighted by Gasteiger charge is -2.11. The topological polar surface area (TPSA) is 113 Å². The lowest BCUT2D eigenvalue weighted by atomic mass is 10.1. The van der Waals surface area contributed by atoms with Crippen molar-refractivity contribution >= 4 is 11.9 Å². The minimum Gasteiger partial charge on any atom is -0.480 e. The minimum absolute atomic E-state index is 0.0236. The molecular formula is C8H14N2O4. The molecule has 0 aromatic heterocycles. The van der Waals surface area contributed by atoms with Crippen LogP contribution in [0.2, 0.25) is 0 Å². The first-order valence-electron chi connectivity index (χ1n) is 4.45. The van der Waals surface area contributed by atoms with Gasteiger partial charge in [0, 0.05) is 6.42 Å². The van der Waals surface area contributed by atoms with E-state index in [-0.39, 0.29) is 18.7 Å². The van der Waals surface area contributed by atoms with E-state index in [9.17, 15) is 14.7 Å². The number of carbonyl (C=O) groups is 2. The van der Waals surface area contributed by atoms with Gasteiger partial charge in [-0.15, -0.1) is 0 Å². The first-order valence-corrected chi connectivity index (χ1v) is 4.45. The van der Waals surface area contributed by atoms with Crippen LogP contribution in [0, 0.1) is 0 Å². The van der Waals surface area contributed by atoms with Gasteiger partial charge in [-0.25, -0.2) is 0 Å². The molecule has 0 spiro atoms. The summed E-state index contributed by atoms with van der Waals surface area (Å²) in [7, 11) is 0. The van der Waals surface area contributed by atoms with Crippen LogP contribution in [0.4, 0.5) is 0 Å². The van der Waals surface area contributed by atoms with Gasteiger partial charge in [0.25, 0.3) is 0 Å². The Morgan fingerprint density at radius 3 is 2.50 bits per heavy atom. The fourth-order valence-corrected chi connectivity index (χ4v) is 0.975. The average molecular weight is 202 g/mol. The Hall–Kier alpha value is -1.14. The quantitative estimate of drug-likeness (QED) is 0.417. The normalized spacial score (nSPS) is 19.9. The molecule has 1 fully saturated rings. The van der Waals surface area contributed by atoms with E-state index in [4.69, 9.17) is 10.8 Å². The highest BCUT2D eigenvalue weighted by atomic mass is 16.4. The Balaban J connectivity index is 2.18. The molecule has 6 heteroatoms. The van der Waals surface area contributed by atoms with Gasteiger partial charge in [-0.3, -0.25) is 9.59 Å². The molecular weight excluding hydrogens is 188 g/mol. The smallest absolute Gasteiger partial charge is 0.320 e. The van der Waals surface area contributed by atoms with Crippen LogP contribution in [0.25, 0.3) is 0 Å². The van der Waals surface area contributed by atoms with Crippen LogP contribution in [0.3, 0.4) is 0 Å². The van der Waals surface area contributed by atoms with Gasteiger partial charge in [-0.05, 0) is 19.3 Å². The van der Waals surface area contributed by atoms with Crippen LogP contribution in [0.15, 0.2) is 0 Å². The molecule has 0 aromatic carbocycles. The lowest BCUT2D eigenvalue weighted by molar-refractivity contribution is -0.138. The summed E-state index contributed by atoms with van der Waals surface area (Å²) < 4.78 is 0. The monoisotopic (exact) mass is 202 g/mol. The van der Waals surface area contributed by atoms with Crippen molar-refractivity contribution in [2.75, 3.05) is 0 Å². The number of carboxylic acid groups (broad SMARTS) is 1. The van der Waals surface area contributed by atoms with E-state index in [1.807, 2.05) is 0 Å². The SMILES string of the molecule is NC(CCC(=O)NC1(O)CC1)C(=O)O. The van der Waals surface area contributed by atoms with Crippen molar-refractivity contribution in [2.45, 2.75) is 37.5 Å². The number of carbonyl (C=O) groups excluding carboxylic acids is 1. The Morgan fingerprint density at radius 2 is 2.07 bits per heavy atom. The van der Waals surface area contributed by atoms with Crippen molar-refractivity contribution in [1.29, 1.82) is 0 Å². The van der Waals surface area contributed by atoms with Crippen LogP contribution in [0.1, 0.15) is 25.7 Å². The van der Waals surface area contributed by atoms with Gasteiger partial charge < -0.3 is 21.3 Å². The Bertz CT molecular complexity index is 250. The Kier molecular flexibility index (Phi) is 3.07. The summed E-state index contributed by atoms with van der Waals surface area (Å²) in [6.07, 6.45) is 1.22. The van der Waals surface area contributed by atoms with Crippen LogP contribution in [0.5, 0.6) is 0 Å². The molecule has 0 bridgehead atoms. The van der Waals surface area contributed by atoms with E-state index in [1.54, 1.807) is 0 Å². The molecule has 1 aliphatic rings. The molecule has 6 nitrogen and oxygen atoms in total. The number of nitrogens with two attached hydrogens (primary N) is 1. The second kappa shape index (κ2) is 3.93. The maximum absolute atomic E-state index is 11.1. The molecule has 0 radical (unpaired) electrons. The number of hydrogen-bond donors (Lipinski definition) is 4. The summed E-state index contributed by atoms with van der Waals surface area (Å²) in [5, 5.41) is 20.1. The molecule has 1 unspecified atom stereocenters. The first-order chi connectivity index (χ1) is 6.43. The van der Waals surface area contributed by atoms with Crippen molar-refractivity contribution in [3.8, 4) is 0 Å². The van der Waals surface area contributed by atoms with Crippen molar-refractivity contribution < 1.29 is 19.8 Å². The number of aliphatic carboxylic acids is 1. The average Bonchev–Trinajstić information content (AvgIpc) is 2.78. The third kappa shape index (κ3) is 3.31. The van der Waals surface area contributed by atoms with Gasteiger partial charge >= 0.3 is 5.97 Å². The molecule has 0 heterocycles. The molecule has 1 saturated carbocycles. The van der Waals surface area contributed by atoms with Crippen LogP contribution in [-0.4, -0.2) is 33.9 Å². The fourth-order valence-electron chi connectivity index (χ4n) is 0.975. The van der Waals surface area contributed by atoms with Crippen molar-refractivity contribution in [2.24, 2.45) is 5.73 Å². The van der Waals surface area contributed by atoms with Gasteiger partial charge in [-0.2, -0.15) is 0 Å².